The Balaban J connectivity index is 1.42. The summed E-state index contributed by atoms with van der Waals surface area (Å²) in [6, 6.07) is 4.06. The normalized spacial score (nSPS) is 23.0. The van der Waals surface area contributed by atoms with Crippen molar-refractivity contribution in [2.45, 2.75) is 0 Å². The molecule has 0 aromatic carbocycles. The zero-order chi connectivity index (χ0) is 16.8. The van der Waals surface area contributed by atoms with E-state index in [0.717, 1.165) is 52.5 Å². The largest absolute Gasteiger partial charge is 0.380 e. The van der Waals surface area contributed by atoms with E-state index in [2.05, 4.69) is 27.1 Å². The summed E-state index contributed by atoms with van der Waals surface area (Å²) in [5.74, 6) is 0.361. The van der Waals surface area contributed by atoms with Crippen molar-refractivity contribution in [3.05, 3.63) is 24.5 Å². The lowest BCUT2D eigenvalue weighted by atomic mass is 10.1. The summed E-state index contributed by atoms with van der Waals surface area (Å²) in [7, 11) is 2.10. The Hall–Kier alpha value is -1.86. The van der Waals surface area contributed by atoms with Crippen LogP contribution in [0.15, 0.2) is 24.5 Å². The average molecular weight is 333 g/mol. The van der Waals surface area contributed by atoms with E-state index >= 15 is 0 Å². The molecule has 0 radical (unpaired) electrons. The van der Waals surface area contributed by atoms with Crippen LogP contribution >= 0.6 is 0 Å². The SMILES string of the molecule is CN1CCOC[C@H](CNC(=O)N2CCN(c3ccncc3)CC2)C1. The zero-order valence-corrected chi connectivity index (χ0v) is 14.4. The van der Waals surface area contributed by atoms with Crippen LogP contribution in [0.1, 0.15) is 0 Å². The third-order valence-corrected chi connectivity index (χ3v) is 4.68. The highest BCUT2D eigenvalue weighted by molar-refractivity contribution is 5.74. The summed E-state index contributed by atoms with van der Waals surface area (Å²) < 4.78 is 5.60. The second kappa shape index (κ2) is 8.30. The molecule has 0 saturated carbocycles. The van der Waals surface area contributed by atoms with Crippen LogP contribution in [-0.2, 0) is 4.74 Å². The molecule has 0 unspecified atom stereocenters. The Morgan fingerprint density at radius 1 is 1.25 bits per heavy atom. The van der Waals surface area contributed by atoms with Gasteiger partial charge in [-0.15, -0.1) is 0 Å². The molecule has 2 fully saturated rings. The first kappa shape index (κ1) is 17.0. The van der Waals surface area contributed by atoms with Crippen LogP contribution in [0.2, 0.25) is 0 Å². The Morgan fingerprint density at radius 3 is 2.75 bits per heavy atom. The number of rotatable bonds is 3. The van der Waals surface area contributed by atoms with Crippen LogP contribution in [0.3, 0.4) is 0 Å². The number of hydrogen-bond donors (Lipinski definition) is 1. The zero-order valence-electron chi connectivity index (χ0n) is 14.4. The predicted molar refractivity (Wildman–Crippen MR) is 93.2 cm³/mol. The van der Waals surface area contributed by atoms with Crippen molar-refractivity contribution in [2.75, 3.05) is 71.0 Å². The molecular weight excluding hydrogens is 306 g/mol. The number of hydrogen-bond acceptors (Lipinski definition) is 5. The van der Waals surface area contributed by atoms with Crippen molar-refractivity contribution in [1.82, 2.24) is 20.1 Å². The number of urea groups is 1. The van der Waals surface area contributed by atoms with Gasteiger partial charge in [0.25, 0.3) is 0 Å². The number of carbonyl (C=O) groups excluding carboxylic acids is 1. The van der Waals surface area contributed by atoms with Gasteiger partial charge in [-0.2, -0.15) is 0 Å². The van der Waals surface area contributed by atoms with Gasteiger partial charge in [-0.25, -0.2) is 4.79 Å². The third-order valence-electron chi connectivity index (χ3n) is 4.68. The van der Waals surface area contributed by atoms with E-state index in [1.54, 1.807) is 12.4 Å². The molecule has 2 aliphatic heterocycles. The summed E-state index contributed by atoms with van der Waals surface area (Å²) in [6.07, 6.45) is 3.61. The van der Waals surface area contributed by atoms with E-state index in [4.69, 9.17) is 4.74 Å². The number of nitrogens with one attached hydrogen (secondary N) is 1. The molecule has 2 amide bonds. The Morgan fingerprint density at radius 2 is 2.00 bits per heavy atom. The minimum Gasteiger partial charge on any atom is -0.380 e. The van der Waals surface area contributed by atoms with Crippen molar-refractivity contribution in [3.63, 3.8) is 0 Å². The molecule has 0 bridgehead atoms. The van der Waals surface area contributed by atoms with Crippen molar-refractivity contribution in [3.8, 4) is 0 Å². The van der Waals surface area contributed by atoms with Crippen molar-refractivity contribution < 1.29 is 9.53 Å². The molecule has 3 rings (SSSR count). The molecule has 1 aromatic rings. The maximum atomic E-state index is 12.4. The standard InChI is InChI=1S/C17H27N5O2/c1-20-10-11-24-14-15(13-20)12-19-17(23)22-8-6-21(7-9-22)16-2-4-18-5-3-16/h2-5,15H,6-14H2,1H3,(H,19,23)/t15-/m1/s1. The van der Waals surface area contributed by atoms with E-state index in [9.17, 15) is 4.79 Å². The van der Waals surface area contributed by atoms with Gasteiger partial charge in [0, 0.05) is 69.8 Å². The Labute approximate surface area is 143 Å². The number of ether oxygens (including phenoxy) is 1. The fourth-order valence-corrected chi connectivity index (χ4v) is 3.24. The molecule has 7 nitrogen and oxygen atoms in total. The van der Waals surface area contributed by atoms with Crippen LogP contribution in [0.25, 0.3) is 0 Å². The Kier molecular flexibility index (Phi) is 5.87. The first-order valence-corrected chi connectivity index (χ1v) is 8.66. The van der Waals surface area contributed by atoms with Gasteiger partial charge >= 0.3 is 6.03 Å². The minimum atomic E-state index is 0.0382. The van der Waals surface area contributed by atoms with Gasteiger partial charge in [-0.3, -0.25) is 4.98 Å². The monoisotopic (exact) mass is 333 g/mol. The fraction of sp³-hybridized carbons (Fsp3) is 0.647. The molecule has 1 atom stereocenters. The van der Waals surface area contributed by atoms with Crippen LogP contribution in [0.5, 0.6) is 0 Å². The quantitative estimate of drug-likeness (QED) is 0.872. The highest BCUT2D eigenvalue weighted by Gasteiger charge is 2.22. The number of piperazine rings is 1. The lowest BCUT2D eigenvalue weighted by Gasteiger charge is -2.36. The molecule has 7 heteroatoms. The number of amides is 2. The number of anilines is 1. The number of likely N-dealkylation sites (N-methyl/N-ethyl adjacent to an activating group) is 1. The molecule has 0 aliphatic carbocycles. The van der Waals surface area contributed by atoms with Gasteiger partial charge in [-0.05, 0) is 19.2 Å². The molecule has 1 N–H and O–H groups in total. The summed E-state index contributed by atoms with van der Waals surface area (Å²) in [5.41, 5.74) is 1.17. The van der Waals surface area contributed by atoms with E-state index < -0.39 is 0 Å². The number of nitrogens with zero attached hydrogens (tertiary/aromatic N) is 4. The Bertz CT molecular complexity index is 519. The lowest BCUT2D eigenvalue weighted by molar-refractivity contribution is 0.121. The van der Waals surface area contributed by atoms with Gasteiger partial charge in [0.05, 0.1) is 13.2 Å². The molecule has 3 heterocycles. The van der Waals surface area contributed by atoms with Crippen molar-refractivity contribution >= 4 is 11.7 Å². The topological polar surface area (TPSA) is 60.9 Å². The molecule has 1 aromatic heterocycles. The molecule has 0 spiro atoms. The van der Waals surface area contributed by atoms with Gasteiger partial charge in [0.2, 0.25) is 0 Å². The first-order chi connectivity index (χ1) is 11.7. The van der Waals surface area contributed by atoms with Crippen LogP contribution in [0.4, 0.5) is 10.5 Å². The minimum absolute atomic E-state index is 0.0382. The van der Waals surface area contributed by atoms with Crippen LogP contribution in [0, 0.1) is 5.92 Å². The third kappa shape index (κ3) is 4.58. The van der Waals surface area contributed by atoms with E-state index in [0.29, 0.717) is 12.5 Å². The van der Waals surface area contributed by atoms with Crippen LogP contribution < -0.4 is 10.2 Å². The fourth-order valence-electron chi connectivity index (χ4n) is 3.24. The maximum Gasteiger partial charge on any atom is 0.317 e. The van der Waals surface area contributed by atoms with Crippen molar-refractivity contribution in [2.24, 2.45) is 5.92 Å². The second-order valence-electron chi connectivity index (χ2n) is 6.57. The number of pyridine rings is 1. The summed E-state index contributed by atoms with van der Waals surface area (Å²) in [4.78, 5) is 22.9. The van der Waals surface area contributed by atoms with Gasteiger partial charge in [0.1, 0.15) is 0 Å². The van der Waals surface area contributed by atoms with Gasteiger partial charge < -0.3 is 24.8 Å². The summed E-state index contributed by atoms with van der Waals surface area (Å²) in [5, 5.41) is 3.08. The first-order valence-electron chi connectivity index (χ1n) is 8.66. The number of aromatic nitrogens is 1. The molecular formula is C17H27N5O2. The predicted octanol–water partition coefficient (Wildman–Crippen LogP) is 0.491. The highest BCUT2D eigenvalue weighted by Crippen LogP contribution is 2.14. The van der Waals surface area contributed by atoms with E-state index in [1.165, 1.54) is 5.69 Å². The van der Waals surface area contributed by atoms with E-state index in [1.807, 2.05) is 17.0 Å². The van der Waals surface area contributed by atoms with Gasteiger partial charge in [-0.1, -0.05) is 0 Å². The average Bonchev–Trinajstić information content (AvgIpc) is 2.84. The van der Waals surface area contributed by atoms with Gasteiger partial charge in [0.15, 0.2) is 0 Å². The molecule has 2 aliphatic rings. The summed E-state index contributed by atoms with van der Waals surface area (Å²) in [6.45, 7) is 7.30. The van der Waals surface area contributed by atoms with Crippen LogP contribution in [-0.4, -0.2) is 86.9 Å². The molecule has 132 valence electrons. The van der Waals surface area contributed by atoms with E-state index in [-0.39, 0.29) is 6.03 Å². The lowest BCUT2D eigenvalue weighted by Crippen LogP contribution is -2.52. The highest BCUT2D eigenvalue weighted by atomic mass is 16.5. The second-order valence-corrected chi connectivity index (χ2v) is 6.57. The number of carbonyl (C=O) groups is 1. The van der Waals surface area contributed by atoms with Crippen molar-refractivity contribution in [1.29, 1.82) is 0 Å². The maximum absolute atomic E-state index is 12.4. The smallest absolute Gasteiger partial charge is 0.317 e. The molecule has 24 heavy (non-hydrogen) atoms. The summed E-state index contributed by atoms with van der Waals surface area (Å²) >= 11 is 0. The molecule has 2 saturated heterocycles.